The molecule has 1 heterocycles. The van der Waals surface area contributed by atoms with Gasteiger partial charge in [-0.25, -0.2) is 4.98 Å². The van der Waals surface area contributed by atoms with Crippen molar-refractivity contribution in [2.45, 2.75) is 43.8 Å². The molecule has 0 spiro atoms. The van der Waals surface area contributed by atoms with Gasteiger partial charge < -0.3 is 0 Å². The van der Waals surface area contributed by atoms with Gasteiger partial charge in [-0.05, 0) is 30.2 Å². The molecule has 27 heavy (non-hydrogen) atoms. The zero-order valence-corrected chi connectivity index (χ0v) is 16.8. The summed E-state index contributed by atoms with van der Waals surface area (Å²) in [6, 6.07) is 18.5. The molecule has 4 heteroatoms. The molecule has 3 nitrogen and oxygen atoms in total. The molecule has 0 N–H and O–H groups in total. The second kappa shape index (κ2) is 7.01. The van der Waals surface area contributed by atoms with Crippen molar-refractivity contribution in [2.75, 3.05) is 6.26 Å². The van der Waals surface area contributed by atoms with Gasteiger partial charge in [-0.2, -0.15) is 0 Å². The van der Waals surface area contributed by atoms with Crippen molar-refractivity contribution in [3.8, 4) is 11.3 Å². The molecule has 1 aliphatic rings. The monoisotopic (exact) mass is 376 g/mol. The van der Waals surface area contributed by atoms with Gasteiger partial charge >= 0.3 is 0 Å². The van der Waals surface area contributed by atoms with E-state index in [9.17, 15) is 4.79 Å². The van der Waals surface area contributed by atoms with E-state index in [1.807, 2.05) is 35.1 Å². The minimum Gasteiger partial charge on any atom is -0.283 e. The fourth-order valence-corrected chi connectivity index (χ4v) is 4.60. The molecule has 0 saturated heterocycles. The highest BCUT2D eigenvalue weighted by molar-refractivity contribution is 7.98. The van der Waals surface area contributed by atoms with Crippen LogP contribution in [0, 0.1) is 0 Å². The molecule has 0 fully saturated rings. The third kappa shape index (κ3) is 3.02. The molecule has 4 rings (SSSR count). The Balaban J connectivity index is 1.98. The molecule has 0 saturated carbocycles. The molecular formula is C23H24N2OS. The molecule has 1 atom stereocenters. The number of thioether (sulfide) groups is 1. The van der Waals surface area contributed by atoms with Crippen LogP contribution in [0.2, 0.25) is 0 Å². The van der Waals surface area contributed by atoms with E-state index in [1.165, 1.54) is 17.3 Å². The van der Waals surface area contributed by atoms with Gasteiger partial charge in [-0.1, -0.05) is 80.2 Å². The summed E-state index contributed by atoms with van der Waals surface area (Å²) in [5.41, 5.74) is 5.17. The van der Waals surface area contributed by atoms with Crippen LogP contribution in [-0.2, 0) is 18.4 Å². The van der Waals surface area contributed by atoms with Crippen LogP contribution in [0.25, 0.3) is 11.3 Å². The van der Waals surface area contributed by atoms with Gasteiger partial charge in [-0.3, -0.25) is 9.36 Å². The fraction of sp³-hybridized carbons (Fsp3) is 0.304. The highest BCUT2D eigenvalue weighted by Crippen LogP contribution is 2.42. The Labute approximate surface area is 164 Å². The van der Waals surface area contributed by atoms with Gasteiger partial charge in [-0.15, -0.1) is 0 Å². The van der Waals surface area contributed by atoms with Gasteiger partial charge in [0.2, 0.25) is 0 Å². The van der Waals surface area contributed by atoms with Crippen molar-refractivity contribution < 1.29 is 0 Å². The first-order valence-corrected chi connectivity index (χ1v) is 10.6. The van der Waals surface area contributed by atoms with Crippen LogP contribution in [0.15, 0.2) is 64.5 Å². The maximum Gasteiger partial charge on any atom is 0.258 e. The SMILES string of the molecule is CCC1(C)Cc2ccccc2-c2nc(SC)n(Cc3ccccc3)c(=O)c21. The van der Waals surface area contributed by atoms with E-state index >= 15 is 0 Å². The second-order valence-corrected chi connectivity index (χ2v) is 8.22. The van der Waals surface area contributed by atoms with Crippen molar-refractivity contribution in [2.24, 2.45) is 0 Å². The van der Waals surface area contributed by atoms with E-state index in [0.29, 0.717) is 6.54 Å². The second-order valence-electron chi connectivity index (χ2n) is 7.45. The van der Waals surface area contributed by atoms with Crippen LogP contribution in [-0.4, -0.2) is 15.8 Å². The lowest BCUT2D eigenvalue weighted by Crippen LogP contribution is -2.40. The van der Waals surface area contributed by atoms with Gasteiger partial charge in [0.05, 0.1) is 17.8 Å². The molecule has 138 valence electrons. The van der Waals surface area contributed by atoms with Crippen molar-refractivity contribution >= 4 is 11.8 Å². The highest BCUT2D eigenvalue weighted by atomic mass is 32.2. The number of rotatable bonds is 4. The maximum atomic E-state index is 13.7. The maximum absolute atomic E-state index is 13.7. The molecular weight excluding hydrogens is 352 g/mol. The minimum atomic E-state index is -0.191. The Bertz CT molecular complexity index is 1040. The van der Waals surface area contributed by atoms with E-state index in [0.717, 1.165) is 40.4 Å². The molecule has 0 amide bonds. The number of hydrogen-bond donors (Lipinski definition) is 0. The van der Waals surface area contributed by atoms with Gasteiger partial charge in [0.15, 0.2) is 5.16 Å². The lowest BCUT2D eigenvalue weighted by Gasteiger charge is -2.35. The topological polar surface area (TPSA) is 34.9 Å². The Morgan fingerprint density at radius 1 is 1.11 bits per heavy atom. The summed E-state index contributed by atoms with van der Waals surface area (Å²) in [5.74, 6) is 0. The van der Waals surface area contributed by atoms with Crippen LogP contribution >= 0.6 is 11.8 Å². The van der Waals surface area contributed by atoms with E-state index < -0.39 is 0 Å². The summed E-state index contributed by atoms with van der Waals surface area (Å²) in [6.45, 7) is 4.93. The first-order valence-electron chi connectivity index (χ1n) is 9.39. The van der Waals surface area contributed by atoms with Crippen LogP contribution in [0.5, 0.6) is 0 Å². The summed E-state index contributed by atoms with van der Waals surface area (Å²) in [7, 11) is 0. The highest BCUT2D eigenvalue weighted by Gasteiger charge is 2.38. The number of nitrogens with zero attached hydrogens (tertiary/aromatic N) is 2. The zero-order valence-electron chi connectivity index (χ0n) is 16.0. The molecule has 0 radical (unpaired) electrons. The number of benzene rings is 2. The van der Waals surface area contributed by atoms with Crippen LogP contribution in [0.3, 0.4) is 0 Å². The van der Waals surface area contributed by atoms with E-state index in [2.05, 4.69) is 44.2 Å². The van der Waals surface area contributed by atoms with Crippen LogP contribution in [0.4, 0.5) is 0 Å². The largest absolute Gasteiger partial charge is 0.283 e. The summed E-state index contributed by atoms with van der Waals surface area (Å²) in [5, 5.41) is 0.776. The standard InChI is InChI=1S/C23H24N2OS/c1-4-23(2)14-17-12-8-9-13-18(17)20-19(23)21(26)25(22(24-20)27-3)15-16-10-6-5-7-11-16/h5-13H,4,14-15H2,1-3H3. The first kappa shape index (κ1) is 18.1. The van der Waals surface area contributed by atoms with E-state index in [4.69, 9.17) is 4.98 Å². The summed E-state index contributed by atoms with van der Waals surface area (Å²) < 4.78 is 1.85. The molecule has 0 aliphatic heterocycles. The number of aromatic nitrogens is 2. The third-order valence-electron chi connectivity index (χ3n) is 5.74. The van der Waals surface area contributed by atoms with Gasteiger partial charge in [0.25, 0.3) is 5.56 Å². The Morgan fingerprint density at radius 3 is 2.52 bits per heavy atom. The summed E-state index contributed by atoms with van der Waals surface area (Å²) in [6.07, 6.45) is 3.78. The van der Waals surface area contributed by atoms with E-state index in [-0.39, 0.29) is 11.0 Å². The lowest BCUT2D eigenvalue weighted by molar-refractivity contribution is 0.430. The molecule has 1 unspecified atom stereocenters. The molecule has 1 aromatic heterocycles. The van der Waals surface area contributed by atoms with Crippen molar-refractivity contribution in [1.29, 1.82) is 0 Å². The van der Waals surface area contributed by atoms with E-state index in [1.54, 1.807) is 0 Å². The third-order valence-corrected chi connectivity index (χ3v) is 6.41. The minimum absolute atomic E-state index is 0.104. The summed E-state index contributed by atoms with van der Waals surface area (Å²) >= 11 is 1.54. The van der Waals surface area contributed by atoms with Gasteiger partial charge in [0.1, 0.15) is 0 Å². The normalized spacial score (nSPS) is 18.0. The molecule has 0 bridgehead atoms. The fourth-order valence-electron chi connectivity index (χ4n) is 4.05. The Kier molecular flexibility index (Phi) is 4.68. The number of fused-ring (bicyclic) bond motifs is 3. The van der Waals surface area contributed by atoms with Crippen LogP contribution < -0.4 is 5.56 Å². The quantitative estimate of drug-likeness (QED) is 0.480. The van der Waals surface area contributed by atoms with Crippen molar-refractivity contribution in [1.82, 2.24) is 9.55 Å². The summed E-state index contributed by atoms with van der Waals surface area (Å²) in [4.78, 5) is 18.7. The van der Waals surface area contributed by atoms with Crippen molar-refractivity contribution in [3.63, 3.8) is 0 Å². The van der Waals surface area contributed by atoms with Crippen LogP contribution in [0.1, 0.15) is 37.0 Å². The predicted molar refractivity (Wildman–Crippen MR) is 113 cm³/mol. The first-order chi connectivity index (χ1) is 13.1. The average molecular weight is 377 g/mol. The average Bonchev–Trinajstić information content (AvgIpc) is 2.70. The molecule has 3 aromatic rings. The molecule has 1 aliphatic carbocycles. The smallest absolute Gasteiger partial charge is 0.258 e. The Hall–Kier alpha value is -2.33. The van der Waals surface area contributed by atoms with Gasteiger partial charge in [0, 0.05) is 11.0 Å². The molecule has 2 aromatic carbocycles. The zero-order chi connectivity index (χ0) is 19.0. The number of hydrogen-bond acceptors (Lipinski definition) is 3. The lowest BCUT2D eigenvalue weighted by atomic mass is 9.69. The predicted octanol–water partition coefficient (Wildman–Crippen LogP) is 4.90. The Morgan fingerprint density at radius 2 is 1.81 bits per heavy atom. The van der Waals surface area contributed by atoms with Crippen molar-refractivity contribution in [3.05, 3.63) is 81.6 Å².